The van der Waals surface area contributed by atoms with Crippen LogP contribution in [0.4, 0.5) is 13.2 Å². The third kappa shape index (κ3) is 6.88. The minimum Gasteiger partial charge on any atom is -0.493 e. The van der Waals surface area contributed by atoms with Gasteiger partial charge in [0.25, 0.3) is 5.60 Å². The third-order valence-electron chi connectivity index (χ3n) is 7.78. The van der Waals surface area contributed by atoms with E-state index in [1.54, 1.807) is 12.1 Å². The summed E-state index contributed by atoms with van der Waals surface area (Å²) in [6.45, 7) is -0.762. The number of carbonyl (C=O) groups excluding carboxylic acids is 2. The van der Waals surface area contributed by atoms with Crippen LogP contribution >= 0.6 is 0 Å². The van der Waals surface area contributed by atoms with E-state index in [9.17, 15) is 22.8 Å². The van der Waals surface area contributed by atoms with E-state index in [1.807, 2.05) is 0 Å². The molecule has 1 heterocycles. The van der Waals surface area contributed by atoms with Crippen molar-refractivity contribution in [1.29, 1.82) is 0 Å². The quantitative estimate of drug-likeness (QED) is 0.222. The first-order valence-electron chi connectivity index (χ1n) is 14.2. The molecule has 4 rings (SSSR count). The average Bonchev–Trinajstić information content (AvgIpc) is 3.48. The number of hydrogen-bond donors (Lipinski definition) is 0. The Morgan fingerprint density at radius 3 is 1.94 bits per heavy atom. The third-order valence-corrected chi connectivity index (χ3v) is 7.78. The van der Waals surface area contributed by atoms with Gasteiger partial charge in [0.1, 0.15) is 12.7 Å². The highest BCUT2D eigenvalue weighted by molar-refractivity contribution is 5.90. The molecule has 0 radical (unpaired) electrons. The van der Waals surface area contributed by atoms with E-state index < -0.39 is 54.0 Å². The number of esters is 2. The first kappa shape index (κ1) is 35.2. The van der Waals surface area contributed by atoms with Gasteiger partial charge >= 0.3 is 18.1 Å². The number of ether oxygens (including phenoxy) is 9. The standard InChI is InChI=1S/C33H35F3O11/c1-39-23-13-12-19(14-24(23)40-2)30(37)46-17-22-27(18-45-28(22)20-15-25(41-3)29(43-5)26(16-20)42-4)47-31(38)32(44-6,33(34,35)36)21-10-8-7-9-11-21/h7-16,22,27-28H,17-18H2,1-6H3/t22-,27+,28+,32+/m0/s1. The van der Waals surface area contributed by atoms with E-state index in [0.29, 0.717) is 11.3 Å². The lowest BCUT2D eigenvalue weighted by molar-refractivity contribution is -0.278. The largest absolute Gasteiger partial charge is 0.493 e. The Kier molecular flexibility index (Phi) is 11.1. The lowest BCUT2D eigenvalue weighted by Crippen LogP contribution is -2.53. The monoisotopic (exact) mass is 664 g/mol. The van der Waals surface area contributed by atoms with Gasteiger partial charge in [-0.2, -0.15) is 13.2 Å². The highest BCUT2D eigenvalue weighted by Gasteiger charge is 2.64. The van der Waals surface area contributed by atoms with Gasteiger partial charge in [0.05, 0.1) is 59.7 Å². The molecule has 1 aliphatic rings. The van der Waals surface area contributed by atoms with E-state index in [1.165, 1.54) is 71.9 Å². The second kappa shape index (κ2) is 14.8. The van der Waals surface area contributed by atoms with Gasteiger partial charge in [-0.15, -0.1) is 0 Å². The predicted octanol–water partition coefficient (Wildman–Crippen LogP) is 5.29. The van der Waals surface area contributed by atoms with E-state index in [2.05, 4.69) is 0 Å². The van der Waals surface area contributed by atoms with Crippen molar-refractivity contribution in [2.24, 2.45) is 5.92 Å². The SMILES string of the molecule is COc1ccc(C(=O)OC[C@@H]2[C@@H](c3cc(OC)c(OC)c(OC)c3)OC[C@H]2OC(=O)[C@](OC)(c2ccccc2)C(F)(F)F)cc1OC. The van der Waals surface area contributed by atoms with Crippen molar-refractivity contribution in [2.75, 3.05) is 55.9 Å². The minimum absolute atomic E-state index is 0.110. The Bertz CT molecular complexity index is 1520. The summed E-state index contributed by atoms with van der Waals surface area (Å²) in [6, 6.07) is 14.0. The maximum Gasteiger partial charge on any atom is 0.432 e. The molecule has 0 aliphatic carbocycles. The zero-order chi connectivity index (χ0) is 34.4. The normalized spacial score (nSPS) is 18.9. The Morgan fingerprint density at radius 1 is 0.787 bits per heavy atom. The first-order chi connectivity index (χ1) is 22.5. The van der Waals surface area contributed by atoms with Crippen molar-refractivity contribution in [1.82, 2.24) is 0 Å². The summed E-state index contributed by atoms with van der Waals surface area (Å²) in [5.74, 6) is -2.01. The van der Waals surface area contributed by atoms with E-state index in [0.717, 1.165) is 19.2 Å². The molecule has 1 saturated heterocycles. The molecule has 1 aliphatic heterocycles. The highest BCUT2D eigenvalue weighted by atomic mass is 19.4. The Hall–Kier alpha value is -4.69. The van der Waals surface area contributed by atoms with Crippen molar-refractivity contribution >= 4 is 11.9 Å². The molecule has 0 aromatic heterocycles. The Labute approximate surface area is 269 Å². The highest BCUT2D eigenvalue weighted by Crippen LogP contribution is 2.47. The van der Waals surface area contributed by atoms with E-state index in [-0.39, 0.29) is 35.2 Å². The molecule has 47 heavy (non-hydrogen) atoms. The van der Waals surface area contributed by atoms with Crippen LogP contribution in [0.2, 0.25) is 0 Å². The van der Waals surface area contributed by atoms with Crippen LogP contribution in [0, 0.1) is 5.92 Å². The van der Waals surface area contributed by atoms with Crippen LogP contribution in [-0.2, 0) is 29.3 Å². The average molecular weight is 665 g/mol. The summed E-state index contributed by atoms with van der Waals surface area (Å²) in [6.07, 6.45) is -7.48. The van der Waals surface area contributed by atoms with Crippen LogP contribution in [0.15, 0.2) is 60.7 Å². The van der Waals surface area contributed by atoms with Crippen LogP contribution in [0.3, 0.4) is 0 Å². The molecule has 0 amide bonds. The molecule has 3 aromatic carbocycles. The summed E-state index contributed by atoms with van der Waals surface area (Å²) < 4.78 is 92.7. The van der Waals surface area contributed by atoms with Crippen molar-refractivity contribution in [3.05, 3.63) is 77.4 Å². The van der Waals surface area contributed by atoms with Crippen LogP contribution in [-0.4, -0.2) is 80.1 Å². The topological polar surface area (TPSA) is 117 Å². The molecule has 0 bridgehead atoms. The summed E-state index contributed by atoms with van der Waals surface area (Å²) >= 11 is 0. The maximum atomic E-state index is 14.6. The molecule has 0 N–H and O–H groups in total. The second-order valence-electron chi connectivity index (χ2n) is 10.2. The predicted molar refractivity (Wildman–Crippen MR) is 159 cm³/mol. The number of methoxy groups -OCH3 is 6. The molecule has 0 spiro atoms. The molecule has 0 saturated carbocycles. The number of hydrogen-bond acceptors (Lipinski definition) is 11. The zero-order valence-corrected chi connectivity index (χ0v) is 26.5. The molecule has 3 aromatic rings. The maximum absolute atomic E-state index is 14.6. The minimum atomic E-state index is -5.20. The molecule has 14 heteroatoms. The van der Waals surface area contributed by atoms with Crippen LogP contribution in [0.5, 0.6) is 28.7 Å². The fourth-order valence-corrected chi connectivity index (χ4v) is 5.39. The molecule has 1 fully saturated rings. The van der Waals surface area contributed by atoms with Gasteiger partial charge in [0.2, 0.25) is 5.75 Å². The lowest BCUT2D eigenvalue weighted by atomic mass is 9.91. The number of alkyl halides is 3. The molecule has 254 valence electrons. The van der Waals surface area contributed by atoms with Gasteiger partial charge in [-0.05, 0) is 35.9 Å². The molecule has 0 unspecified atom stereocenters. The van der Waals surface area contributed by atoms with Gasteiger partial charge < -0.3 is 42.6 Å². The number of carbonyl (C=O) groups is 2. The zero-order valence-electron chi connectivity index (χ0n) is 26.5. The van der Waals surface area contributed by atoms with Gasteiger partial charge in [-0.3, -0.25) is 0 Å². The van der Waals surface area contributed by atoms with E-state index in [4.69, 9.17) is 42.6 Å². The molecular weight excluding hydrogens is 629 g/mol. The van der Waals surface area contributed by atoms with Gasteiger partial charge in [0.15, 0.2) is 23.0 Å². The molecule has 4 atom stereocenters. The van der Waals surface area contributed by atoms with Gasteiger partial charge in [-0.25, -0.2) is 9.59 Å². The van der Waals surface area contributed by atoms with Crippen molar-refractivity contribution in [2.45, 2.75) is 24.0 Å². The van der Waals surface area contributed by atoms with Crippen LogP contribution < -0.4 is 23.7 Å². The fraction of sp³-hybridized carbons (Fsp3) is 0.394. The summed E-state index contributed by atoms with van der Waals surface area (Å²) in [5.41, 5.74) is -3.38. The van der Waals surface area contributed by atoms with Crippen molar-refractivity contribution < 1.29 is 65.4 Å². The smallest absolute Gasteiger partial charge is 0.432 e. The van der Waals surface area contributed by atoms with Gasteiger partial charge in [-0.1, -0.05) is 30.3 Å². The molecule has 11 nitrogen and oxygen atoms in total. The van der Waals surface area contributed by atoms with Crippen molar-refractivity contribution in [3.63, 3.8) is 0 Å². The number of rotatable bonds is 13. The van der Waals surface area contributed by atoms with Crippen LogP contribution in [0.1, 0.15) is 27.6 Å². The summed E-state index contributed by atoms with van der Waals surface area (Å²) in [5, 5.41) is 0. The first-order valence-corrected chi connectivity index (χ1v) is 14.2. The number of benzene rings is 3. The summed E-state index contributed by atoms with van der Waals surface area (Å²) in [4.78, 5) is 26.7. The van der Waals surface area contributed by atoms with Crippen LogP contribution in [0.25, 0.3) is 0 Å². The number of halogens is 3. The summed E-state index contributed by atoms with van der Waals surface area (Å²) in [7, 11) is 7.86. The molecular formula is C33H35F3O11. The van der Waals surface area contributed by atoms with Crippen molar-refractivity contribution in [3.8, 4) is 28.7 Å². The Morgan fingerprint density at radius 2 is 1.40 bits per heavy atom. The lowest BCUT2D eigenvalue weighted by Gasteiger charge is -2.34. The van der Waals surface area contributed by atoms with Gasteiger partial charge in [0, 0.05) is 12.7 Å². The fourth-order valence-electron chi connectivity index (χ4n) is 5.39. The van der Waals surface area contributed by atoms with E-state index >= 15 is 0 Å². The second-order valence-corrected chi connectivity index (χ2v) is 10.2. The Balaban J connectivity index is 1.71.